The molecule has 0 saturated carbocycles. The molecule has 0 amide bonds. The topological polar surface area (TPSA) is 54.3 Å². The second-order valence-corrected chi connectivity index (χ2v) is 5.17. The quantitative estimate of drug-likeness (QED) is 0.543. The van der Waals surface area contributed by atoms with Crippen LogP contribution in [0.4, 0.5) is 0 Å². The summed E-state index contributed by atoms with van der Waals surface area (Å²) in [6.45, 7) is 1.54. The average Bonchev–Trinajstić information content (AvgIpc) is 2.87. The Morgan fingerprint density at radius 2 is 1.81 bits per heavy atom. The highest BCUT2D eigenvalue weighted by molar-refractivity contribution is 5.99. The van der Waals surface area contributed by atoms with Crippen LogP contribution < -0.4 is 5.56 Å². The fraction of sp³-hybridized carbons (Fsp3) is 0.0588. The minimum Gasteiger partial charge on any atom is -0.319 e. The number of nitrogens with zero attached hydrogens (tertiary/aromatic N) is 1. The normalized spacial score (nSPS) is 11.5. The standard InChI is InChI=1S/C17H12N2O2/c1-10(20)11-6-7-13-15(8-11)19-14-5-3-2-4-12(14)9-16(19)17(21)18-13/h2-9H,1H3,(H,18,21). The summed E-state index contributed by atoms with van der Waals surface area (Å²) in [4.78, 5) is 26.7. The number of ketones is 1. The molecule has 0 unspecified atom stereocenters. The van der Waals surface area contributed by atoms with Crippen LogP contribution in [0, 0.1) is 0 Å². The first-order chi connectivity index (χ1) is 10.1. The molecule has 1 N–H and O–H groups in total. The van der Waals surface area contributed by atoms with Crippen molar-refractivity contribution < 1.29 is 4.79 Å². The Morgan fingerprint density at radius 3 is 2.62 bits per heavy atom. The smallest absolute Gasteiger partial charge is 0.272 e. The summed E-state index contributed by atoms with van der Waals surface area (Å²) in [5, 5.41) is 1.00. The van der Waals surface area contributed by atoms with E-state index < -0.39 is 0 Å². The number of nitrogens with one attached hydrogen (secondary N) is 1. The Balaban J connectivity index is 2.32. The first-order valence-corrected chi connectivity index (χ1v) is 6.72. The summed E-state index contributed by atoms with van der Waals surface area (Å²) in [5.41, 5.74) is 3.61. The number of fused-ring (bicyclic) bond motifs is 5. The van der Waals surface area contributed by atoms with Crippen molar-refractivity contribution in [3.63, 3.8) is 0 Å². The maximum atomic E-state index is 12.2. The van der Waals surface area contributed by atoms with E-state index in [0.29, 0.717) is 11.1 Å². The van der Waals surface area contributed by atoms with Crippen molar-refractivity contribution in [2.24, 2.45) is 0 Å². The van der Waals surface area contributed by atoms with E-state index in [9.17, 15) is 9.59 Å². The van der Waals surface area contributed by atoms with Crippen LogP contribution in [0.2, 0.25) is 0 Å². The van der Waals surface area contributed by atoms with E-state index in [1.165, 1.54) is 6.92 Å². The van der Waals surface area contributed by atoms with Crippen LogP contribution in [0.15, 0.2) is 53.3 Å². The van der Waals surface area contributed by atoms with Gasteiger partial charge in [0.25, 0.3) is 5.56 Å². The fourth-order valence-corrected chi connectivity index (χ4v) is 2.81. The van der Waals surface area contributed by atoms with Gasteiger partial charge in [0, 0.05) is 10.9 Å². The minimum absolute atomic E-state index is 0.00714. The maximum absolute atomic E-state index is 12.2. The van der Waals surface area contributed by atoms with Gasteiger partial charge in [-0.2, -0.15) is 0 Å². The lowest BCUT2D eigenvalue weighted by atomic mass is 10.1. The maximum Gasteiger partial charge on any atom is 0.272 e. The summed E-state index contributed by atoms with van der Waals surface area (Å²) in [5.74, 6) is 0.00714. The molecule has 0 bridgehead atoms. The molecule has 0 aliphatic heterocycles. The highest BCUT2D eigenvalue weighted by Gasteiger charge is 2.11. The fourth-order valence-electron chi connectivity index (χ4n) is 2.81. The number of para-hydroxylation sites is 1. The van der Waals surface area contributed by atoms with Gasteiger partial charge in [-0.05, 0) is 37.3 Å². The lowest BCUT2D eigenvalue weighted by Gasteiger charge is -2.05. The molecule has 0 atom stereocenters. The van der Waals surface area contributed by atoms with Crippen LogP contribution in [-0.2, 0) is 0 Å². The van der Waals surface area contributed by atoms with E-state index in [1.54, 1.807) is 12.1 Å². The zero-order chi connectivity index (χ0) is 14.6. The van der Waals surface area contributed by atoms with Gasteiger partial charge in [-0.1, -0.05) is 18.2 Å². The van der Waals surface area contributed by atoms with Crippen LogP contribution in [0.5, 0.6) is 0 Å². The molecule has 102 valence electrons. The van der Waals surface area contributed by atoms with Gasteiger partial charge in [0.2, 0.25) is 0 Å². The largest absolute Gasteiger partial charge is 0.319 e. The molecule has 0 fully saturated rings. The van der Waals surface area contributed by atoms with E-state index >= 15 is 0 Å². The number of aromatic amines is 1. The van der Waals surface area contributed by atoms with Crippen molar-refractivity contribution in [3.8, 4) is 0 Å². The molecule has 0 saturated heterocycles. The summed E-state index contributed by atoms with van der Waals surface area (Å²) >= 11 is 0. The predicted octanol–water partition coefficient (Wildman–Crippen LogP) is 3.14. The van der Waals surface area contributed by atoms with Crippen molar-refractivity contribution in [2.45, 2.75) is 6.92 Å². The molecule has 0 aliphatic carbocycles. The molecule has 21 heavy (non-hydrogen) atoms. The summed E-state index contributed by atoms with van der Waals surface area (Å²) in [6.07, 6.45) is 0. The lowest BCUT2D eigenvalue weighted by Crippen LogP contribution is -2.10. The van der Waals surface area contributed by atoms with Crippen molar-refractivity contribution in [1.29, 1.82) is 0 Å². The monoisotopic (exact) mass is 276 g/mol. The molecule has 2 aromatic carbocycles. The molecular weight excluding hydrogens is 264 g/mol. The van der Waals surface area contributed by atoms with Crippen LogP contribution in [-0.4, -0.2) is 15.2 Å². The van der Waals surface area contributed by atoms with Crippen molar-refractivity contribution in [3.05, 3.63) is 64.4 Å². The van der Waals surface area contributed by atoms with E-state index in [-0.39, 0.29) is 11.3 Å². The Hall–Kier alpha value is -2.88. The molecule has 4 nitrogen and oxygen atoms in total. The Labute approximate surface area is 119 Å². The van der Waals surface area contributed by atoms with Crippen LogP contribution in [0.25, 0.3) is 27.5 Å². The van der Waals surface area contributed by atoms with E-state index in [0.717, 1.165) is 21.9 Å². The second kappa shape index (κ2) is 4.06. The summed E-state index contributed by atoms with van der Waals surface area (Å²) in [6, 6.07) is 15.0. The van der Waals surface area contributed by atoms with Gasteiger partial charge < -0.3 is 9.38 Å². The Kier molecular flexibility index (Phi) is 2.30. The molecule has 2 heterocycles. The second-order valence-electron chi connectivity index (χ2n) is 5.17. The van der Waals surface area contributed by atoms with E-state index in [4.69, 9.17) is 0 Å². The molecule has 0 aliphatic rings. The number of aromatic nitrogens is 2. The molecule has 0 radical (unpaired) electrons. The number of Topliss-reactive ketones (excluding diaryl/α,β-unsaturated/α-hetero) is 1. The number of rotatable bonds is 1. The van der Waals surface area contributed by atoms with Gasteiger partial charge in [-0.25, -0.2) is 0 Å². The third kappa shape index (κ3) is 1.62. The number of hydrogen-bond donors (Lipinski definition) is 1. The summed E-state index contributed by atoms with van der Waals surface area (Å²) < 4.78 is 1.91. The first kappa shape index (κ1) is 11.9. The third-order valence-electron chi connectivity index (χ3n) is 3.84. The van der Waals surface area contributed by atoms with Crippen LogP contribution in [0.1, 0.15) is 17.3 Å². The molecule has 4 heteroatoms. The number of benzene rings is 2. The summed E-state index contributed by atoms with van der Waals surface area (Å²) in [7, 11) is 0. The Bertz CT molecular complexity index is 1090. The van der Waals surface area contributed by atoms with Gasteiger partial charge in [0.1, 0.15) is 5.52 Å². The minimum atomic E-state index is -0.130. The van der Waals surface area contributed by atoms with Gasteiger partial charge in [0.15, 0.2) is 5.78 Å². The predicted molar refractivity (Wildman–Crippen MR) is 83.0 cm³/mol. The lowest BCUT2D eigenvalue weighted by molar-refractivity contribution is 0.101. The molecule has 2 aromatic heterocycles. The number of H-pyrrole nitrogens is 1. The van der Waals surface area contributed by atoms with Crippen LogP contribution in [0.3, 0.4) is 0 Å². The van der Waals surface area contributed by atoms with Gasteiger partial charge in [-0.15, -0.1) is 0 Å². The number of carbonyl (C=O) groups excluding carboxylic acids is 1. The third-order valence-corrected chi connectivity index (χ3v) is 3.84. The van der Waals surface area contributed by atoms with Gasteiger partial charge in [-0.3, -0.25) is 9.59 Å². The SMILES string of the molecule is CC(=O)c1ccc2[nH]c(=O)c3cc4ccccc4n3c2c1. The number of hydrogen-bond acceptors (Lipinski definition) is 2. The highest BCUT2D eigenvalue weighted by Crippen LogP contribution is 2.23. The van der Waals surface area contributed by atoms with Crippen LogP contribution >= 0.6 is 0 Å². The molecule has 4 rings (SSSR count). The van der Waals surface area contributed by atoms with Crippen molar-refractivity contribution in [1.82, 2.24) is 9.38 Å². The highest BCUT2D eigenvalue weighted by atomic mass is 16.1. The molecule has 0 spiro atoms. The van der Waals surface area contributed by atoms with Crippen molar-refractivity contribution in [2.75, 3.05) is 0 Å². The molecular formula is C17H12N2O2. The van der Waals surface area contributed by atoms with E-state index in [2.05, 4.69) is 4.98 Å². The van der Waals surface area contributed by atoms with Crippen molar-refractivity contribution >= 4 is 33.2 Å². The zero-order valence-corrected chi connectivity index (χ0v) is 11.4. The molecule has 4 aromatic rings. The Morgan fingerprint density at radius 1 is 1.00 bits per heavy atom. The zero-order valence-electron chi connectivity index (χ0n) is 11.4. The van der Waals surface area contributed by atoms with Gasteiger partial charge >= 0.3 is 0 Å². The average molecular weight is 276 g/mol. The number of carbonyl (C=O) groups is 1. The first-order valence-electron chi connectivity index (χ1n) is 6.72. The van der Waals surface area contributed by atoms with E-state index in [1.807, 2.05) is 40.8 Å². The van der Waals surface area contributed by atoms with Gasteiger partial charge in [0.05, 0.1) is 16.6 Å².